The summed E-state index contributed by atoms with van der Waals surface area (Å²) in [7, 11) is -1.66. The van der Waals surface area contributed by atoms with Gasteiger partial charge in [0.2, 0.25) is 10.0 Å². The number of fused-ring (bicyclic) bond motifs is 1. The van der Waals surface area contributed by atoms with E-state index in [9.17, 15) is 31.2 Å². The predicted molar refractivity (Wildman–Crippen MR) is 132 cm³/mol. The van der Waals surface area contributed by atoms with E-state index in [-0.39, 0.29) is 42.1 Å². The van der Waals surface area contributed by atoms with Crippen LogP contribution in [-0.4, -0.2) is 94.6 Å². The minimum Gasteiger partial charge on any atom is -0.491 e. The Morgan fingerprint density at radius 1 is 1.24 bits per heavy atom. The molecule has 0 radical (unpaired) electrons. The van der Waals surface area contributed by atoms with Crippen LogP contribution in [-0.2, 0) is 14.8 Å². The smallest absolute Gasteiger partial charge is 0.404 e. The second kappa shape index (κ2) is 12.7. The fourth-order valence-corrected chi connectivity index (χ4v) is 4.87. The molecule has 3 atom stereocenters. The molecule has 3 amide bonds. The number of hydrogen-bond acceptors (Lipinski definition) is 6. The van der Waals surface area contributed by atoms with Gasteiger partial charge in [0.1, 0.15) is 12.4 Å². The van der Waals surface area contributed by atoms with Crippen molar-refractivity contribution >= 4 is 27.6 Å². The summed E-state index contributed by atoms with van der Waals surface area (Å²) in [5.41, 5.74) is -0.113. The molecule has 0 saturated carbocycles. The van der Waals surface area contributed by atoms with Gasteiger partial charge in [-0.3, -0.25) is 9.52 Å². The number of carbonyl (C=O) groups excluding carboxylic acids is 2. The third-order valence-electron chi connectivity index (χ3n) is 5.86. The molecule has 0 aliphatic carbocycles. The van der Waals surface area contributed by atoms with Gasteiger partial charge in [0.15, 0.2) is 5.75 Å². The lowest BCUT2D eigenvalue weighted by molar-refractivity contribution is -0.106. The number of ether oxygens (including phenoxy) is 2. The standard InChI is InChI=1S/C23H35F3N4O6S/c1-6-9-27-22(32)30-11-15(2)20(35-5)12-29(4)21(31)18-8-7-17(10-19(18)36-13-16(30)3)28-37(33,34)14-23(24,25)26/h7-8,10,15-16,20,28H,6,9,11-14H2,1-5H3,(H,27,32)/t15-,16+,20-/m0/s1. The molecule has 10 nitrogen and oxygen atoms in total. The number of anilines is 1. The predicted octanol–water partition coefficient (Wildman–Crippen LogP) is 2.92. The van der Waals surface area contributed by atoms with Gasteiger partial charge in [-0.15, -0.1) is 0 Å². The molecular formula is C23H35F3N4O6S. The maximum atomic E-state index is 13.2. The highest BCUT2D eigenvalue weighted by atomic mass is 32.2. The Morgan fingerprint density at radius 2 is 1.92 bits per heavy atom. The molecule has 2 N–H and O–H groups in total. The van der Waals surface area contributed by atoms with Crippen LogP contribution in [0.3, 0.4) is 0 Å². The lowest BCUT2D eigenvalue weighted by atomic mass is 10.0. The first-order valence-electron chi connectivity index (χ1n) is 11.8. The number of nitrogens with one attached hydrogen (secondary N) is 2. The molecule has 0 fully saturated rings. The third-order valence-corrected chi connectivity index (χ3v) is 7.11. The molecular weight excluding hydrogens is 517 g/mol. The van der Waals surface area contributed by atoms with Gasteiger partial charge in [-0.2, -0.15) is 13.2 Å². The van der Waals surface area contributed by atoms with E-state index >= 15 is 0 Å². The van der Waals surface area contributed by atoms with Crippen LogP contribution >= 0.6 is 0 Å². The van der Waals surface area contributed by atoms with Gasteiger partial charge < -0.3 is 24.6 Å². The summed E-state index contributed by atoms with van der Waals surface area (Å²) >= 11 is 0. The fraction of sp³-hybridized carbons (Fsp3) is 0.652. The zero-order chi connectivity index (χ0) is 28.0. The number of carbonyl (C=O) groups is 2. The summed E-state index contributed by atoms with van der Waals surface area (Å²) < 4.78 is 75.2. The topological polar surface area (TPSA) is 117 Å². The van der Waals surface area contributed by atoms with E-state index in [1.54, 1.807) is 18.9 Å². The van der Waals surface area contributed by atoms with E-state index in [4.69, 9.17) is 9.47 Å². The molecule has 0 saturated heterocycles. The van der Waals surface area contributed by atoms with Gasteiger partial charge in [-0.1, -0.05) is 13.8 Å². The zero-order valence-corrected chi connectivity index (χ0v) is 22.4. The normalized spacial score (nSPS) is 21.8. The monoisotopic (exact) mass is 552 g/mol. The Kier molecular flexibility index (Phi) is 10.4. The largest absolute Gasteiger partial charge is 0.491 e. The van der Waals surface area contributed by atoms with Crippen molar-refractivity contribution in [3.8, 4) is 5.75 Å². The first kappa shape index (κ1) is 30.5. The van der Waals surface area contributed by atoms with Gasteiger partial charge >= 0.3 is 12.2 Å². The molecule has 0 aromatic heterocycles. The van der Waals surface area contributed by atoms with E-state index in [1.165, 1.54) is 24.1 Å². The lowest BCUT2D eigenvalue weighted by Gasteiger charge is -2.36. The number of amides is 3. The molecule has 0 bridgehead atoms. The van der Waals surface area contributed by atoms with Crippen molar-refractivity contribution in [2.45, 2.75) is 45.5 Å². The molecule has 37 heavy (non-hydrogen) atoms. The van der Waals surface area contributed by atoms with Crippen LogP contribution < -0.4 is 14.8 Å². The van der Waals surface area contributed by atoms with Crippen molar-refractivity contribution in [1.82, 2.24) is 15.1 Å². The Bertz CT molecular complexity index is 1050. The maximum absolute atomic E-state index is 13.2. The van der Waals surface area contributed by atoms with E-state index in [1.807, 2.05) is 18.6 Å². The molecule has 1 aliphatic heterocycles. The fourth-order valence-electron chi connectivity index (χ4n) is 3.88. The number of urea groups is 1. The van der Waals surface area contributed by atoms with E-state index in [2.05, 4.69) is 5.32 Å². The van der Waals surface area contributed by atoms with Crippen LogP contribution in [0.15, 0.2) is 18.2 Å². The summed E-state index contributed by atoms with van der Waals surface area (Å²) in [6.45, 7) is 6.52. The molecule has 1 heterocycles. The highest BCUT2D eigenvalue weighted by Crippen LogP contribution is 2.28. The molecule has 1 aromatic carbocycles. The summed E-state index contributed by atoms with van der Waals surface area (Å²) in [6, 6.07) is 2.87. The van der Waals surface area contributed by atoms with Crippen molar-refractivity contribution in [2.24, 2.45) is 5.92 Å². The van der Waals surface area contributed by atoms with E-state index in [0.29, 0.717) is 13.1 Å². The Balaban J connectivity index is 2.45. The summed E-state index contributed by atoms with van der Waals surface area (Å²) in [4.78, 5) is 29.1. The molecule has 1 aliphatic rings. The number of halogens is 3. The minimum absolute atomic E-state index is 0.0348. The lowest BCUT2D eigenvalue weighted by Crippen LogP contribution is -2.51. The average Bonchev–Trinajstić information content (AvgIpc) is 2.79. The van der Waals surface area contributed by atoms with E-state index < -0.39 is 40.0 Å². The van der Waals surface area contributed by atoms with Gasteiger partial charge in [0.05, 0.1) is 23.4 Å². The SMILES string of the molecule is CCCNC(=O)N1C[C@H](C)[C@@H](OC)CN(C)C(=O)c2ccc(NS(=O)(=O)CC(F)(F)F)cc2OC[C@H]1C. The number of rotatable bonds is 6. The van der Waals surface area contributed by atoms with Crippen LogP contribution in [0.2, 0.25) is 0 Å². The number of alkyl halides is 3. The number of hydrogen-bond donors (Lipinski definition) is 2. The summed E-state index contributed by atoms with van der Waals surface area (Å²) in [5, 5.41) is 2.84. The van der Waals surface area contributed by atoms with Crippen molar-refractivity contribution in [1.29, 1.82) is 0 Å². The van der Waals surface area contributed by atoms with Crippen molar-refractivity contribution < 1.29 is 40.7 Å². The number of sulfonamides is 1. The molecule has 2 rings (SSSR count). The highest BCUT2D eigenvalue weighted by Gasteiger charge is 2.35. The summed E-state index contributed by atoms with van der Waals surface area (Å²) in [5.74, 6) is -2.68. The first-order chi connectivity index (χ1) is 17.2. The highest BCUT2D eigenvalue weighted by molar-refractivity contribution is 7.92. The summed E-state index contributed by atoms with van der Waals surface area (Å²) in [6.07, 6.45) is -4.59. The Morgan fingerprint density at radius 3 is 2.51 bits per heavy atom. The quantitative estimate of drug-likeness (QED) is 0.561. The second-order valence-corrected chi connectivity index (χ2v) is 10.9. The first-order valence-corrected chi connectivity index (χ1v) is 13.5. The maximum Gasteiger partial charge on any atom is 0.404 e. The molecule has 14 heteroatoms. The van der Waals surface area contributed by atoms with Crippen molar-refractivity contribution in [3.05, 3.63) is 23.8 Å². The number of methoxy groups -OCH3 is 1. The number of nitrogens with zero attached hydrogens (tertiary/aromatic N) is 2. The zero-order valence-electron chi connectivity index (χ0n) is 21.6. The van der Waals surface area contributed by atoms with Crippen molar-refractivity contribution in [2.75, 3.05) is 50.9 Å². The molecule has 0 spiro atoms. The average molecular weight is 553 g/mol. The number of likely N-dealkylation sites (N-methyl/N-ethyl adjacent to an activating group) is 1. The molecule has 0 unspecified atom stereocenters. The van der Waals surface area contributed by atoms with Crippen LogP contribution in [0, 0.1) is 5.92 Å². The molecule has 210 valence electrons. The van der Waals surface area contributed by atoms with Gasteiger partial charge in [-0.05, 0) is 25.5 Å². The van der Waals surface area contributed by atoms with Crippen LogP contribution in [0.1, 0.15) is 37.6 Å². The van der Waals surface area contributed by atoms with Crippen LogP contribution in [0.5, 0.6) is 5.75 Å². The van der Waals surface area contributed by atoms with E-state index in [0.717, 1.165) is 12.5 Å². The second-order valence-electron chi connectivity index (χ2n) is 9.17. The van der Waals surface area contributed by atoms with Gasteiger partial charge in [0, 0.05) is 45.8 Å². The Labute approximate surface area is 215 Å². The molecule has 1 aromatic rings. The van der Waals surface area contributed by atoms with Crippen LogP contribution in [0.25, 0.3) is 0 Å². The number of benzene rings is 1. The van der Waals surface area contributed by atoms with Crippen molar-refractivity contribution in [3.63, 3.8) is 0 Å². The Hall–Kier alpha value is -2.74. The third kappa shape index (κ3) is 8.95. The van der Waals surface area contributed by atoms with Gasteiger partial charge in [-0.25, -0.2) is 13.2 Å². The van der Waals surface area contributed by atoms with Gasteiger partial charge in [0.25, 0.3) is 5.91 Å². The minimum atomic E-state index is -4.93. The van der Waals surface area contributed by atoms with Crippen LogP contribution in [0.4, 0.5) is 23.7 Å².